The van der Waals surface area contributed by atoms with Crippen molar-refractivity contribution >= 4 is 42.1 Å². The molecule has 0 unspecified atom stereocenters. The van der Waals surface area contributed by atoms with E-state index in [0.717, 1.165) is 10.7 Å². The summed E-state index contributed by atoms with van der Waals surface area (Å²) in [6, 6.07) is 1.65. The second kappa shape index (κ2) is 7.79. The van der Waals surface area contributed by atoms with Crippen molar-refractivity contribution in [1.29, 1.82) is 0 Å². The van der Waals surface area contributed by atoms with E-state index in [0.29, 0.717) is 11.3 Å². The summed E-state index contributed by atoms with van der Waals surface area (Å²) in [6.45, 7) is 6.06. The van der Waals surface area contributed by atoms with Gasteiger partial charge in [-0.3, -0.25) is 4.79 Å². The van der Waals surface area contributed by atoms with Gasteiger partial charge in [-0.1, -0.05) is 0 Å². The van der Waals surface area contributed by atoms with Gasteiger partial charge in [-0.25, -0.2) is 4.98 Å². The lowest BCUT2D eigenvalue weighted by molar-refractivity contribution is 0.0911. The number of hydrogen-bond acceptors (Lipinski definition) is 5. The molecule has 0 bridgehead atoms. The van der Waals surface area contributed by atoms with Crippen molar-refractivity contribution in [1.82, 2.24) is 10.3 Å². The van der Waals surface area contributed by atoms with E-state index in [1.165, 1.54) is 17.6 Å². The van der Waals surface area contributed by atoms with Crippen LogP contribution < -0.4 is 11.1 Å². The number of thiazole rings is 1. The van der Waals surface area contributed by atoms with Crippen molar-refractivity contribution in [2.24, 2.45) is 5.73 Å². The summed E-state index contributed by atoms with van der Waals surface area (Å²) in [4.78, 5) is 16.5. The first-order chi connectivity index (χ1) is 8.92. The summed E-state index contributed by atoms with van der Waals surface area (Å²) in [5, 5.41) is 5.79. The predicted octanol–water partition coefficient (Wildman–Crippen LogP) is 3.01. The molecule has 2 aromatic heterocycles. The van der Waals surface area contributed by atoms with Gasteiger partial charge in [0.05, 0.1) is 17.6 Å². The Morgan fingerprint density at radius 1 is 1.48 bits per heavy atom. The lowest BCUT2D eigenvalue weighted by atomic mass is 10.1. The topological polar surface area (TPSA) is 81.2 Å². The number of rotatable bonds is 4. The lowest BCUT2D eigenvalue weighted by Gasteiger charge is -2.23. The molecule has 2 aromatic rings. The highest BCUT2D eigenvalue weighted by molar-refractivity contribution is 7.09. The quantitative estimate of drug-likeness (QED) is 0.886. The van der Waals surface area contributed by atoms with Gasteiger partial charge in [0, 0.05) is 11.1 Å². The van der Waals surface area contributed by atoms with Crippen molar-refractivity contribution in [2.75, 3.05) is 0 Å². The number of aryl methyl sites for hydroxylation is 1. The fraction of sp³-hybridized carbons (Fsp3) is 0.385. The van der Waals surface area contributed by atoms with Crippen LogP contribution in [0.25, 0.3) is 0 Å². The van der Waals surface area contributed by atoms with Crippen molar-refractivity contribution in [2.45, 2.75) is 32.9 Å². The standard InChI is InChI=1S/C13H17N3O2S.2ClH/c1-8-7-19-12(15-8)13(2,3)16-11(17)9-4-10(5-14)18-6-9;;/h4,6-7H,5,14H2,1-3H3,(H,16,17);2*1H. The summed E-state index contributed by atoms with van der Waals surface area (Å²) >= 11 is 1.53. The van der Waals surface area contributed by atoms with E-state index in [-0.39, 0.29) is 37.3 Å². The van der Waals surface area contributed by atoms with E-state index in [1.807, 2.05) is 26.2 Å². The summed E-state index contributed by atoms with van der Waals surface area (Å²) < 4.78 is 5.16. The molecule has 0 aliphatic carbocycles. The number of carbonyl (C=O) groups is 1. The third-order valence-electron chi connectivity index (χ3n) is 2.70. The van der Waals surface area contributed by atoms with Crippen molar-refractivity contribution in [3.05, 3.63) is 39.7 Å². The Balaban J connectivity index is 0.00000200. The zero-order valence-corrected chi connectivity index (χ0v) is 14.5. The maximum Gasteiger partial charge on any atom is 0.255 e. The second-order valence-corrected chi connectivity index (χ2v) is 5.74. The maximum atomic E-state index is 12.1. The molecule has 0 aromatic carbocycles. The van der Waals surface area contributed by atoms with E-state index in [4.69, 9.17) is 10.2 Å². The molecule has 0 radical (unpaired) electrons. The minimum absolute atomic E-state index is 0. The molecule has 2 rings (SSSR count). The minimum atomic E-state index is -0.518. The Morgan fingerprint density at radius 3 is 2.62 bits per heavy atom. The average molecular weight is 352 g/mol. The van der Waals surface area contributed by atoms with Crippen molar-refractivity contribution < 1.29 is 9.21 Å². The number of hydrogen-bond donors (Lipinski definition) is 2. The molecule has 118 valence electrons. The lowest BCUT2D eigenvalue weighted by Crippen LogP contribution is -2.40. The highest BCUT2D eigenvalue weighted by atomic mass is 35.5. The molecule has 1 amide bonds. The highest BCUT2D eigenvalue weighted by Gasteiger charge is 2.27. The van der Waals surface area contributed by atoms with Crippen LogP contribution in [0.4, 0.5) is 0 Å². The molecule has 2 heterocycles. The summed E-state index contributed by atoms with van der Waals surface area (Å²) in [7, 11) is 0. The second-order valence-electron chi connectivity index (χ2n) is 4.88. The summed E-state index contributed by atoms with van der Waals surface area (Å²) in [6.07, 6.45) is 1.42. The molecule has 21 heavy (non-hydrogen) atoms. The first kappa shape index (κ1) is 19.9. The van der Waals surface area contributed by atoms with Crippen LogP contribution in [0.15, 0.2) is 22.1 Å². The number of furan rings is 1. The van der Waals surface area contributed by atoms with Gasteiger partial charge in [0.2, 0.25) is 0 Å². The van der Waals surface area contributed by atoms with Crippen molar-refractivity contribution in [3.63, 3.8) is 0 Å². The molecule has 5 nitrogen and oxygen atoms in total. The van der Waals surface area contributed by atoms with Crippen LogP contribution in [0.5, 0.6) is 0 Å². The van der Waals surface area contributed by atoms with Crippen LogP contribution in [-0.2, 0) is 12.1 Å². The largest absolute Gasteiger partial charge is 0.467 e. The van der Waals surface area contributed by atoms with Crippen LogP contribution in [0, 0.1) is 6.92 Å². The smallest absolute Gasteiger partial charge is 0.255 e. The summed E-state index contributed by atoms with van der Waals surface area (Å²) in [5.41, 5.74) is 6.36. The van der Waals surface area contributed by atoms with Gasteiger partial charge < -0.3 is 15.5 Å². The molecule has 0 aliphatic heterocycles. The number of nitrogens with one attached hydrogen (secondary N) is 1. The van der Waals surface area contributed by atoms with Gasteiger partial charge in [0.1, 0.15) is 17.0 Å². The van der Waals surface area contributed by atoms with Crippen LogP contribution in [0.2, 0.25) is 0 Å². The Kier molecular flexibility index (Phi) is 7.39. The maximum absolute atomic E-state index is 12.1. The van der Waals surface area contributed by atoms with Crippen LogP contribution in [0.3, 0.4) is 0 Å². The number of carbonyl (C=O) groups excluding carboxylic acids is 1. The zero-order valence-electron chi connectivity index (χ0n) is 12.0. The molecular weight excluding hydrogens is 333 g/mol. The molecule has 0 saturated carbocycles. The first-order valence-corrected chi connectivity index (χ1v) is 6.83. The third-order valence-corrected chi connectivity index (χ3v) is 3.98. The van der Waals surface area contributed by atoms with Gasteiger partial charge in [-0.2, -0.15) is 0 Å². The number of nitrogens with zero attached hydrogens (tertiary/aromatic N) is 1. The van der Waals surface area contributed by atoms with E-state index >= 15 is 0 Å². The highest BCUT2D eigenvalue weighted by Crippen LogP contribution is 2.24. The Morgan fingerprint density at radius 2 is 2.14 bits per heavy atom. The molecular formula is C13H19Cl2N3O2S. The molecule has 3 N–H and O–H groups in total. The Labute approximate surface area is 140 Å². The number of nitrogens with two attached hydrogens (primary N) is 1. The fourth-order valence-electron chi connectivity index (χ4n) is 1.66. The van der Waals surface area contributed by atoms with E-state index in [9.17, 15) is 4.79 Å². The van der Waals surface area contributed by atoms with Crippen molar-refractivity contribution in [3.8, 4) is 0 Å². The molecule has 0 saturated heterocycles. The van der Waals surface area contributed by atoms with E-state index in [2.05, 4.69) is 10.3 Å². The van der Waals surface area contributed by atoms with Gasteiger partial charge in [-0.15, -0.1) is 36.2 Å². The number of amides is 1. The fourth-order valence-corrected chi connectivity index (χ4v) is 2.53. The SMILES string of the molecule is Cc1csc(C(C)(C)NC(=O)c2coc(CN)c2)n1.Cl.Cl. The number of halogens is 2. The van der Waals surface area contributed by atoms with Gasteiger partial charge in [0.25, 0.3) is 5.91 Å². The monoisotopic (exact) mass is 351 g/mol. The minimum Gasteiger partial charge on any atom is -0.467 e. The van der Waals surface area contributed by atoms with E-state index < -0.39 is 5.54 Å². The van der Waals surface area contributed by atoms with Gasteiger partial charge in [0.15, 0.2) is 0 Å². The van der Waals surface area contributed by atoms with E-state index in [1.54, 1.807) is 6.07 Å². The molecule has 0 atom stereocenters. The molecule has 0 fully saturated rings. The van der Waals surface area contributed by atoms with Gasteiger partial charge >= 0.3 is 0 Å². The molecule has 8 heteroatoms. The van der Waals surface area contributed by atoms with Gasteiger partial charge in [-0.05, 0) is 26.8 Å². The molecule has 0 aliphatic rings. The number of aromatic nitrogens is 1. The Hall–Kier alpha value is -1.08. The average Bonchev–Trinajstić information content (AvgIpc) is 2.96. The predicted molar refractivity (Wildman–Crippen MR) is 88.4 cm³/mol. The normalized spacial score (nSPS) is 10.5. The van der Waals surface area contributed by atoms with Crippen LogP contribution >= 0.6 is 36.2 Å². The first-order valence-electron chi connectivity index (χ1n) is 5.95. The van der Waals surface area contributed by atoms with Crippen LogP contribution in [-0.4, -0.2) is 10.9 Å². The summed E-state index contributed by atoms with van der Waals surface area (Å²) in [5.74, 6) is 0.398. The third kappa shape index (κ3) is 4.71. The molecule has 0 spiro atoms. The Bertz CT molecular complexity index is 596. The zero-order chi connectivity index (χ0) is 14.0. The van der Waals surface area contributed by atoms with Crippen LogP contribution in [0.1, 0.15) is 40.7 Å².